The van der Waals surface area contributed by atoms with Crippen molar-refractivity contribution in [2.24, 2.45) is 5.92 Å². The Bertz CT molecular complexity index is 1220. The number of hydrogen-bond donors (Lipinski definition) is 1. The zero-order valence-corrected chi connectivity index (χ0v) is 22.0. The Hall–Kier alpha value is -2.15. The zero-order chi connectivity index (χ0) is 24.7. The lowest BCUT2D eigenvalue weighted by molar-refractivity contribution is -0.0973. The van der Waals surface area contributed by atoms with Crippen LogP contribution in [0, 0.1) is 8.80 Å². The Labute approximate surface area is 213 Å². The van der Waals surface area contributed by atoms with Gasteiger partial charge in [-0.1, -0.05) is 6.07 Å². The number of alkyl halides is 2. The molecule has 7 nitrogen and oxygen atoms in total. The number of carbonyl (C=O) groups excluding carboxylic acids is 2. The van der Waals surface area contributed by atoms with Crippen molar-refractivity contribution in [3.05, 3.63) is 38.5 Å². The molecule has 0 saturated heterocycles. The molecule has 0 spiro atoms. The number of alkyl carbamates (subject to hydrolysis) is 1. The third kappa shape index (κ3) is 5.40. The summed E-state index contributed by atoms with van der Waals surface area (Å²) in [6.07, 6.45) is 2.62. The Morgan fingerprint density at radius 2 is 2.12 bits per heavy atom. The van der Waals surface area contributed by atoms with E-state index >= 15 is 0 Å². The minimum atomic E-state index is -3.08. The molecule has 3 aromatic heterocycles. The van der Waals surface area contributed by atoms with Gasteiger partial charge in [-0.3, -0.25) is 4.79 Å². The molecule has 0 aromatic carbocycles. The molecule has 3 heterocycles. The van der Waals surface area contributed by atoms with Crippen molar-refractivity contribution in [3.63, 3.8) is 0 Å². The number of nitrogens with zero attached hydrogens (tertiary/aromatic N) is 3. The second kappa shape index (κ2) is 9.48. The van der Waals surface area contributed by atoms with Gasteiger partial charge in [-0.05, 0) is 68.3 Å². The van der Waals surface area contributed by atoms with E-state index in [1.807, 2.05) is 24.4 Å². The number of amides is 1. The summed E-state index contributed by atoms with van der Waals surface area (Å²) in [5.74, 6) is -4.88. The Kier molecular flexibility index (Phi) is 6.96. The second-order valence-corrected chi connectivity index (χ2v) is 12.2. The van der Waals surface area contributed by atoms with E-state index in [1.165, 1.54) is 11.3 Å². The van der Waals surface area contributed by atoms with Gasteiger partial charge < -0.3 is 10.1 Å². The van der Waals surface area contributed by atoms with Crippen molar-refractivity contribution in [2.75, 3.05) is 0 Å². The smallest absolute Gasteiger partial charge is 0.407 e. The summed E-state index contributed by atoms with van der Waals surface area (Å²) < 4.78 is 37.5. The average Bonchev–Trinajstić information content (AvgIpc) is 3.32. The highest BCUT2D eigenvalue weighted by molar-refractivity contribution is 14.1. The SMILES string of the molecule is CC(C)(C)OC(=O)N[C@@H]1CCCC(F)(F)C1CC(=O)c1nc(-c2cnn3ccccc23)c(I)s1. The number of aromatic nitrogens is 3. The van der Waals surface area contributed by atoms with E-state index in [0.29, 0.717) is 12.1 Å². The van der Waals surface area contributed by atoms with Crippen LogP contribution in [0.25, 0.3) is 16.8 Å². The first-order valence-electron chi connectivity index (χ1n) is 10.9. The topological polar surface area (TPSA) is 85.6 Å². The van der Waals surface area contributed by atoms with Gasteiger partial charge in [0.25, 0.3) is 5.92 Å². The summed E-state index contributed by atoms with van der Waals surface area (Å²) in [5.41, 5.74) is 1.46. The van der Waals surface area contributed by atoms with Crippen LogP contribution in [0.3, 0.4) is 0 Å². The lowest BCUT2D eigenvalue weighted by atomic mass is 9.78. The molecular formula is C23H25F2IN4O3S. The number of hydrogen-bond acceptors (Lipinski definition) is 6. The molecule has 1 unspecified atom stereocenters. The minimum Gasteiger partial charge on any atom is -0.444 e. The van der Waals surface area contributed by atoms with Crippen molar-refractivity contribution in [2.45, 2.75) is 64.0 Å². The van der Waals surface area contributed by atoms with Gasteiger partial charge in [-0.2, -0.15) is 5.10 Å². The van der Waals surface area contributed by atoms with Gasteiger partial charge in [0.2, 0.25) is 0 Å². The largest absolute Gasteiger partial charge is 0.444 e. The molecule has 1 N–H and O–H groups in total. The fourth-order valence-corrected chi connectivity index (χ4v) is 5.95. The van der Waals surface area contributed by atoms with Crippen LogP contribution in [0.5, 0.6) is 0 Å². The van der Waals surface area contributed by atoms with Crippen molar-refractivity contribution < 1.29 is 23.1 Å². The standard InChI is InChI=1S/C23H25F2IN4O3S/c1-22(2,3)33-21(32)28-15-7-6-9-23(24,25)14(15)11-17(31)20-29-18(19(26)34-20)13-12-27-30-10-5-4-8-16(13)30/h4-5,8,10,12,14-15H,6-7,9,11H2,1-3H3,(H,28,32)/t14?,15-/m1/s1. The quantitative estimate of drug-likeness (QED) is 0.288. The van der Waals surface area contributed by atoms with E-state index in [9.17, 15) is 18.4 Å². The van der Waals surface area contributed by atoms with Gasteiger partial charge in [0.1, 0.15) is 5.60 Å². The number of carbonyl (C=O) groups is 2. The van der Waals surface area contributed by atoms with E-state index in [0.717, 1.165) is 14.0 Å². The average molecular weight is 602 g/mol. The molecule has 11 heteroatoms. The van der Waals surface area contributed by atoms with Gasteiger partial charge in [-0.15, -0.1) is 11.3 Å². The predicted octanol–water partition coefficient (Wildman–Crippen LogP) is 5.96. The van der Waals surface area contributed by atoms with Crippen LogP contribution in [0.1, 0.15) is 56.3 Å². The monoisotopic (exact) mass is 602 g/mol. The maximum absolute atomic E-state index is 14.9. The van der Waals surface area contributed by atoms with E-state index < -0.39 is 41.8 Å². The highest BCUT2D eigenvalue weighted by atomic mass is 127. The van der Waals surface area contributed by atoms with Crippen molar-refractivity contribution in [1.29, 1.82) is 0 Å². The van der Waals surface area contributed by atoms with E-state index in [1.54, 1.807) is 31.5 Å². The number of rotatable bonds is 5. The molecule has 0 radical (unpaired) electrons. The molecule has 4 rings (SSSR count). The highest BCUT2D eigenvalue weighted by Crippen LogP contribution is 2.42. The maximum Gasteiger partial charge on any atom is 0.407 e. The molecule has 1 amide bonds. The normalized spacial score (nSPS) is 20.3. The number of ketones is 1. The van der Waals surface area contributed by atoms with Gasteiger partial charge >= 0.3 is 6.09 Å². The van der Waals surface area contributed by atoms with Crippen LogP contribution < -0.4 is 5.32 Å². The van der Waals surface area contributed by atoms with Gasteiger partial charge in [-0.25, -0.2) is 23.1 Å². The zero-order valence-electron chi connectivity index (χ0n) is 19.0. The number of Topliss-reactive ketones (excluding diaryl/α,β-unsaturated/α-hetero) is 1. The van der Waals surface area contributed by atoms with E-state index in [2.05, 4.69) is 38.0 Å². The summed E-state index contributed by atoms with van der Waals surface area (Å²) in [6.45, 7) is 5.11. The first-order valence-corrected chi connectivity index (χ1v) is 12.8. The molecule has 1 aliphatic rings. The molecule has 0 bridgehead atoms. The Morgan fingerprint density at radius 3 is 2.85 bits per heavy atom. The van der Waals surface area contributed by atoms with E-state index in [-0.39, 0.29) is 17.8 Å². The van der Waals surface area contributed by atoms with E-state index in [4.69, 9.17) is 4.74 Å². The van der Waals surface area contributed by atoms with Crippen molar-refractivity contribution in [3.8, 4) is 11.3 Å². The molecule has 34 heavy (non-hydrogen) atoms. The fraction of sp³-hybridized carbons (Fsp3) is 0.478. The number of thiazole rings is 1. The van der Waals surface area contributed by atoms with Gasteiger partial charge in [0.15, 0.2) is 10.8 Å². The fourth-order valence-electron chi connectivity index (χ4n) is 4.15. The number of fused-ring (bicyclic) bond motifs is 1. The minimum absolute atomic E-state index is 0.173. The molecule has 0 aliphatic heterocycles. The molecule has 3 aromatic rings. The number of ether oxygens (including phenoxy) is 1. The van der Waals surface area contributed by atoms with Crippen LogP contribution in [0.15, 0.2) is 30.6 Å². The van der Waals surface area contributed by atoms with Crippen LogP contribution in [-0.4, -0.2) is 44.0 Å². The number of nitrogens with one attached hydrogen (secondary N) is 1. The Morgan fingerprint density at radius 1 is 1.35 bits per heavy atom. The molecule has 1 saturated carbocycles. The first kappa shape index (κ1) is 25.0. The second-order valence-electron chi connectivity index (χ2n) is 9.37. The molecular weight excluding hydrogens is 577 g/mol. The number of pyridine rings is 1. The summed E-state index contributed by atoms with van der Waals surface area (Å²) >= 11 is 3.28. The summed E-state index contributed by atoms with van der Waals surface area (Å²) in [7, 11) is 0. The summed E-state index contributed by atoms with van der Waals surface area (Å²) in [6, 6.07) is 4.78. The van der Waals surface area contributed by atoms with Gasteiger partial charge in [0.05, 0.1) is 26.2 Å². The predicted molar refractivity (Wildman–Crippen MR) is 133 cm³/mol. The molecule has 1 aliphatic carbocycles. The third-order valence-electron chi connectivity index (χ3n) is 5.67. The molecule has 2 atom stereocenters. The van der Waals surface area contributed by atoms with Crippen LogP contribution in [0.2, 0.25) is 0 Å². The maximum atomic E-state index is 14.9. The van der Waals surface area contributed by atoms with Crippen molar-refractivity contribution >= 4 is 51.3 Å². The highest BCUT2D eigenvalue weighted by Gasteiger charge is 2.48. The van der Waals surface area contributed by atoms with Crippen molar-refractivity contribution in [1.82, 2.24) is 19.9 Å². The first-order chi connectivity index (χ1) is 15.9. The van der Waals surface area contributed by atoms with Crippen LogP contribution in [0.4, 0.5) is 13.6 Å². The summed E-state index contributed by atoms with van der Waals surface area (Å²) in [4.78, 5) is 29.9. The number of halogens is 3. The van der Waals surface area contributed by atoms with Crippen LogP contribution >= 0.6 is 33.9 Å². The third-order valence-corrected chi connectivity index (χ3v) is 7.72. The molecule has 1 fully saturated rings. The lowest BCUT2D eigenvalue weighted by Gasteiger charge is -2.38. The Balaban J connectivity index is 1.55. The van der Waals surface area contributed by atoms with Crippen LogP contribution in [-0.2, 0) is 4.74 Å². The molecule has 182 valence electrons. The van der Waals surface area contributed by atoms with Gasteiger partial charge in [0, 0.05) is 30.6 Å². The summed E-state index contributed by atoms with van der Waals surface area (Å²) in [5, 5.41) is 7.05. The lowest BCUT2D eigenvalue weighted by Crippen LogP contribution is -2.52.